The van der Waals surface area contributed by atoms with Crippen LogP contribution in [-0.2, 0) is 0 Å². The highest BCUT2D eigenvalue weighted by molar-refractivity contribution is 5.93. The minimum absolute atomic E-state index is 0.121. The van der Waals surface area contributed by atoms with Crippen LogP contribution in [0.25, 0.3) is 0 Å². The van der Waals surface area contributed by atoms with Gasteiger partial charge in [-0.3, -0.25) is 9.78 Å². The number of ether oxygens (including phenoxy) is 1. The lowest BCUT2D eigenvalue weighted by molar-refractivity contribution is 0.0699. The van der Waals surface area contributed by atoms with E-state index in [1.807, 2.05) is 0 Å². The number of pyridine rings is 1. The minimum atomic E-state index is -2.57. The molecule has 0 unspecified atom stereocenters. The molecular formula is C13H16F2N2O3. The van der Waals surface area contributed by atoms with Crippen LogP contribution in [0, 0.1) is 0 Å². The molecule has 0 aliphatic heterocycles. The molecule has 0 aromatic carbocycles. The van der Waals surface area contributed by atoms with Crippen LogP contribution >= 0.6 is 0 Å². The molecular weight excluding hydrogens is 270 g/mol. The van der Waals surface area contributed by atoms with E-state index < -0.39 is 13.0 Å². The van der Waals surface area contributed by atoms with Crippen LogP contribution in [0.4, 0.5) is 8.78 Å². The van der Waals surface area contributed by atoms with Gasteiger partial charge in [0, 0.05) is 24.8 Å². The van der Waals surface area contributed by atoms with Crippen molar-refractivity contribution in [1.29, 1.82) is 0 Å². The Morgan fingerprint density at radius 2 is 2.30 bits per heavy atom. The van der Waals surface area contributed by atoms with Gasteiger partial charge in [0.15, 0.2) is 0 Å². The zero-order valence-electron chi connectivity index (χ0n) is 10.8. The third-order valence-electron chi connectivity index (χ3n) is 2.92. The zero-order valence-corrected chi connectivity index (χ0v) is 10.8. The van der Waals surface area contributed by atoms with Crippen LogP contribution in [0.1, 0.15) is 23.3 Å². The number of carbonyl (C=O) groups excluding carboxylic acids is 1. The van der Waals surface area contributed by atoms with Gasteiger partial charge in [-0.05, 0) is 18.9 Å². The SMILES string of the molecule is O=C(c1cc(OCC(F)F)ccn1)N(CCO)C1CC1. The second-order valence-corrected chi connectivity index (χ2v) is 4.53. The maximum atomic E-state index is 12.3. The third-order valence-corrected chi connectivity index (χ3v) is 2.92. The number of amides is 1. The number of aliphatic hydroxyl groups excluding tert-OH is 1. The average molecular weight is 286 g/mol. The first-order chi connectivity index (χ1) is 9.61. The maximum absolute atomic E-state index is 12.3. The Kier molecular flexibility index (Phi) is 4.84. The summed E-state index contributed by atoms with van der Waals surface area (Å²) >= 11 is 0. The van der Waals surface area contributed by atoms with Gasteiger partial charge in [0.1, 0.15) is 18.1 Å². The van der Waals surface area contributed by atoms with Gasteiger partial charge in [0.2, 0.25) is 0 Å². The molecule has 1 N–H and O–H groups in total. The molecule has 0 bridgehead atoms. The summed E-state index contributed by atoms with van der Waals surface area (Å²) in [6, 6.07) is 2.91. The number of nitrogens with zero attached hydrogens (tertiary/aromatic N) is 2. The Morgan fingerprint density at radius 1 is 1.55 bits per heavy atom. The van der Waals surface area contributed by atoms with Crippen LogP contribution in [0.3, 0.4) is 0 Å². The van der Waals surface area contributed by atoms with E-state index in [1.54, 1.807) is 4.90 Å². The summed E-state index contributed by atoms with van der Waals surface area (Å²) in [5.41, 5.74) is 0.136. The van der Waals surface area contributed by atoms with Crippen molar-refractivity contribution in [2.24, 2.45) is 0 Å². The molecule has 20 heavy (non-hydrogen) atoms. The highest BCUT2D eigenvalue weighted by atomic mass is 19.3. The fourth-order valence-corrected chi connectivity index (χ4v) is 1.87. The first kappa shape index (κ1) is 14.6. The smallest absolute Gasteiger partial charge is 0.272 e. The average Bonchev–Trinajstić information content (AvgIpc) is 3.26. The number of halogens is 2. The molecule has 1 saturated carbocycles. The summed E-state index contributed by atoms with van der Waals surface area (Å²) in [7, 11) is 0. The molecule has 0 atom stereocenters. The summed E-state index contributed by atoms with van der Waals surface area (Å²) in [5.74, 6) is -0.132. The van der Waals surface area contributed by atoms with Crippen LogP contribution in [0.5, 0.6) is 5.75 Å². The van der Waals surface area contributed by atoms with Crippen molar-refractivity contribution in [2.75, 3.05) is 19.8 Å². The number of aliphatic hydroxyl groups is 1. The van der Waals surface area contributed by atoms with Crippen molar-refractivity contribution in [3.8, 4) is 5.75 Å². The van der Waals surface area contributed by atoms with E-state index in [9.17, 15) is 13.6 Å². The highest BCUT2D eigenvalue weighted by Crippen LogP contribution is 2.28. The number of alkyl halides is 2. The van der Waals surface area contributed by atoms with Crippen molar-refractivity contribution in [3.63, 3.8) is 0 Å². The molecule has 1 fully saturated rings. The topological polar surface area (TPSA) is 62.7 Å². The summed E-state index contributed by atoms with van der Waals surface area (Å²) in [5, 5.41) is 8.99. The van der Waals surface area contributed by atoms with E-state index in [1.165, 1.54) is 18.3 Å². The second-order valence-electron chi connectivity index (χ2n) is 4.53. The fraction of sp³-hybridized carbons (Fsp3) is 0.538. The van der Waals surface area contributed by atoms with Gasteiger partial charge in [-0.25, -0.2) is 8.78 Å². The Hall–Kier alpha value is -1.76. The predicted molar refractivity (Wildman–Crippen MR) is 66.9 cm³/mol. The van der Waals surface area contributed by atoms with Crippen molar-refractivity contribution in [2.45, 2.75) is 25.3 Å². The van der Waals surface area contributed by atoms with Gasteiger partial charge in [0.25, 0.3) is 12.3 Å². The van der Waals surface area contributed by atoms with Gasteiger partial charge in [-0.2, -0.15) is 0 Å². The molecule has 1 aliphatic carbocycles. The summed E-state index contributed by atoms with van der Waals surface area (Å²) in [6.07, 6.45) is 0.596. The standard InChI is InChI=1S/C13H16F2N2O3/c14-12(15)8-20-10-3-4-16-11(7-10)13(19)17(5-6-18)9-1-2-9/h3-4,7,9,12,18H,1-2,5-6,8H2. The second kappa shape index (κ2) is 6.60. The molecule has 0 radical (unpaired) electrons. The Labute approximate surface area is 115 Å². The lowest BCUT2D eigenvalue weighted by Gasteiger charge is -2.20. The van der Waals surface area contributed by atoms with Crippen LogP contribution < -0.4 is 4.74 Å². The van der Waals surface area contributed by atoms with Crippen LogP contribution in [-0.4, -0.2) is 53.1 Å². The summed E-state index contributed by atoms with van der Waals surface area (Å²) in [4.78, 5) is 17.7. The molecule has 110 valence electrons. The largest absolute Gasteiger partial charge is 0.488 e. The normalized spacial score (nSPS) is 14.4. The molecule has 1 aliphatic rings. The van der Waals surface area contributed by atoms with Crippen molar-refractivity contribution < 1.29 is 23.4 Å². The highest BCUT2D eigenvalue weighted by Gasteiger charge is 2.33. The number of carbonyl (C=O) groups is 1. The summed E-state index contributed by atoms with van der Waals surface area (Å²) < 4.78 is 29.0. The van der Waals surface area contributed by atoms with Crippen molar-refractivity contribution >= 4 is 5.91 Å². The lowest BCUT2D eigenvalue weighted by atomic mass is 10.3. The zero-order chi connectivity index (χ0) is 14.5. The van der Waals surface area contributed by atoms with Gasteiger partial charge in [-0.15, -0.1) is 0 Å². The van der Waals surface area contributed by atoms with Gasteiger partial charge < -0.3 is 14.7 Å². The molecule has 1 heterocycles. The van der Waals surface area contributed by atoms with E-state index in [0.717, 1.165) is 12.8 Å². The first-order valence-electron chi connectivity index (χ1n) is 6.40. The summed E-state index contributed by atoms with van der Waals surface area (Å²) in [6.45, 7) is -0.599. The Morgan fingerprint density at radius 3 is 2.90 bits per heavy atom. The molecule has 1 aromatic heterocycles. The first-order valence-corrected chi connectivity index (χ1v) is 6.40. The molecule has 0 saturated heterocycles. The lowest BCUT2D eigenvalue weighted by Crippen LogP contribution is -2.36. The van der Waals surface area contributed by atoms with E-state index in [4.69, 9.17) is 9.84 Å². The number of hydrogen-bond donors (Lipinski definition) is 1. The Balaban J connectivity index is 2.06. The molecule has 7 heteroatoms. The predicted octanol–water partition coefficient (Wildman–Crippen LogP) is 1.32. The monoisotopic (exact) mass is 286 g/mol. The molecule has 2 rings (SSSR count). The van der Waals surface area contributed by atoms with E-state index in [-0.39, 0.29) is 36.5 Å². The molecule has 5 nitrogen and oxygen atoms in total. The Bertz CT molecular complexity index is 467. The molecule has 1 amide bonds. The number of aromatic nitrogens is 1. The maximum Gasteiger partial charge on any atom is 0.272 e. The van der Waals surface area contributed by atoms with Crippen LogP contribution in [0.2, 0.25) is 0 Å². The molecule has 1 aromatic rings. The third kappa shape index (κ3) is 3.86. The van der Waals surface area contributed by atoms with E-state index in [2.05, 4.69) is 4.98 Å². The van der Waals surface area contributed by atoms with E-state index >= 15 is 0 Å². The van der Waals surface area contributed by atoms with Crippen molar-refractivity contribution in [3.05, 3.63) is 24.0 Å². The van der Waals surface area contributed by atoms with E-state index in [0.29, 0.717) is 0 Å². The van der Waals surface area contributed by atoms with Gasteiger partial charge in [-0.1, -0.05) is 0 Å². The van der Waals surface area contributed by atoms with Gasteiger partial charge in [0.05, 0.1) is 6.61 Å². The molecule has 0 spiro atoms. The van der Waals surface area contributed by atoms with Gasteiger partial charge >= 0.3 is 0 Å². The minimum Gasteiger partial charge on any atom is -0.488 e. The number of rotatable bonds is 7. The quantitative estimate of drug-likeness (QED) is 0.821. The fourth-order valence-electron chi connectivity index (χ4n) is 1.87. The van der Waals surface area contributed by atoms with Crippen molar-refractivity contribution in [1.82, 2.24) is 9.88 Å². The number of hydrogen-bond acceptors (Lipinski definition) is 4. The van der Waals surface area contributed by atoms with Crippen LogP contribution in [0.15, 0.2) is 18.3 Å².